The molecule has 5 nitrogen and oxygen atoms in total. The van der Waals surface area contributed by atoms with E-state index in [1.807, 2.05) is 0 Å². The number of hydrogen-bond donors (Lipinski definition) is 2. The van der Waals surface area contributed by atoms with Crippen molar-refractivity contribution in [1.29, 1.82) is 0 Å². The first-order chi connectivity index (χ1) is 12.1. The molecular formula is C19H28FNO4. The summed E-state index contributed by atoms with van der Waals surface area (Å²) < 4.78 is 29.8. The number of hydrogen-bond acceptors (Lipinski definition) is 5. The zero-order chi connectivity index (χ0) is 17.7. The molecule has 2 unspecified atom stereocenters. The van der Waals surface area contributed by atoms with Gasteiger partial charge in [0.2, 0.25) is 0 Å². The summed E-state index contributed by atoms with van der Waals surface area (Å²) in [6.45, 7) is 2.36. The lowest BCUT2D eigenvalue weighted by atomic mass is 9.69. The number of rotatable bonds is 7. The Kier molecular flexibility index (Phi) is 6.28. The summed E-state index contributed by atoms with van der Waals surface area (Å²) in [5, 5.41) is 14.8. The molecule has 1 saturated heterocycles. The molecule has 1 aliphatic carbocycles. The fourth-order valence-electron chi connectivity index (χ4n) is 4.04. The van der Waals surface area contributed by atoms with Crippen LogP contribution < -0.4 is 5.32 Å². The lowest BCUT2D eigenvalue weighted by Gasteiger charge is -2.51. The van der Waals surface area contributed by atoms with Crippen molar-refractivity contribution in [3.8, 4) is 0 Å². The average molecular weight is 353 g/mol. The third-order valence-electron chi connectivity index (χ3n) is 5.32. The highest BCUT2D eigenvalue weighted by molar-refractivity contribution is 5.45. The van der Waals surface area contributed by atoms with Crippen LogP contribution in [0.5, 0.6) is 0 Å². The maximum atomic E-state index is 13.1. The minimum absolute atomic E-state index is 0.113. The number of methoxy groups -OCH3 is 1. The normalized spacial score (nSPS) is 32.2. The molecule has 0 spiro atoms. The Morgan fingerprint density at radius 3 is 2.84 bits per heavy atom. The molecule has 1 aliphatic heterocycles. The lowest BCUT2D eigenvalue weighted by Crippen LogP contribution is -2.64. The van der Waals surface area contributed by atoms with Crippen molar-refractivity contribution >= 4 is 5.69 Å². The molecule has 0 amide bonds. The van der Waals surface area contributed by atoms with Crippen LogP contribution in [0.4, 0.5) is 10.1 Å². The summed E-state index contributed by atoms with van der Waals surface area (Å²) >= 11 is 0. The largest absolute Gasteiger partial charge is 0.385 e. The van der Waals surface area contributed by atoms with Crippen LogP contribution in [0.3, 0.4) is 0 Å². The van der Waals surface area contributed by atoms with Gasteiger partial charge in [-0.05, 0) is 49.9 Å². The van der Waals surface area contributed by atoms with E-state index >= 15 is 0 Å². The molecule has 3 rings (SSSR count). The zero-order valence-corrected chi connectivity index (χ0v) is 14.7. The molecule has 140 valence electrons. The van der Waals surface area contributed by atoms with E-state index in [2.05, 4.69) is 5.32 Å². The summed E-state index contributed by atoms with van der Waals surface area (Å²) in [6.07, 6.45) is 3.04. The second-order valence-corrected chi connectivity index (χ2v) is 7.00. The van der Waals surface area contributed by atoms with E-state index in [0.29, 0.717) is 32.8 Å². The van der Waals surface area contributed by atoms with Crippen molar-refractivity contribution in [2.45, 2.75) is 43.4 Å². The van der Waals surface area contributed by atoms with Gasteiger partial charge in [0.1, 0.15) is 11.4 Å². The van der Waals surface area contributed by atoms with E-state index in [1.54, 1.807) is 19.2 Å². The fourth-order valence-corrected chi connectivity index (χ4v) is 4.04. The first kappa shape index (κ1) is 18.6. The van der Waals surface area contributed by atoms with Crippen molar-refractivity contribution in [2.24, 2.45) is 5.92 Å². The van der Waals surface area contributed by atoms with Crippen LogP contribution in [0.15, 0.2) is 24.3 Å². The number of halogens is 1. The highest BCUT2D eigenvalue weighted by Crippen LogP contribution is 2.42. The standard InChI is InChI=1S/C19H28FNO4/c1-23-11-12-24-13-14-3-8-17(19(22)9-2-10-25-18(14)19)21-16-6-4-15(20)5-7-16/h4-7,14,17-18,21-22H,2-3,8-13H2,1H3/t14?,17-,18?,19+/m1/s1. The van der Waals surface area contributed by atoms with Crippen LogP contribution >= 0.6 is 0 Å². The monoisotopic (exact) mass is 353 g/mol. The van der Waals surface area contributed by atoms with Gasteiger partial charge in [-0.2, -0.15) is 0 Å². The van der Waals surface area contributed by atoms with E-state index in [1.165, 1.54) is 12.1 Å². The van der Waals surface area contributed by atoms with Crippen molar-refractivity contribution in [2.75, 3.05) is 38.9 Å². The molecule has 6 heteroatoms. The Labute approximate surface area is 148 Å². The Morgan fingerprint density at radius 2 is 2.08 bits per heavy atom. The van der Waals surface area contributed by atoms with Gasteiger partial charge in [-0.3, -0.25) is 0 Å². The van der Waals surface area contributed by atoms with Crippen LogP contribution in [-0.4, -0.2) is 56.4 Å². The second kappa shape index (κ2) is 8.45. The van der Waals surface area contributed by atoms with Gasteiger partial charge in [0.25, 0.3) is 0 Å². The number of anilines is 1. The van der Waals surface area contributed by atoms with Gasteiger partial charge in [-0.25, -0.2) is 4.39 Å². The topological polar surface area (TPSA) is 60.0 Å². The molecule has 0 bridgehead atoms. The summed E-state index contributed by atoms with van der Waals surface area (Å²) in [7, 11) is 1.65. The number of aliphatic hydroxyl groups is 1. The SMILES string of the molecule is COCCOCC1CC[C@@H](Nc2ccc(F)cc2)[C@@]2(O)CCCOC12. The van der Waals surface area contributed by atoms with Crippen LogP contribution in [0.25, 0.3) is 0 Å². The van der Waals surface area contributed by atoms with E-state index in [-0.39, 0.29) is 23.9 Å². The Morgan fingerprint density at radius 1 is 1.28 bits per heavy atom. The predicted octanol–water partition coefficient (Wildman–Crippen LogP) is 2.59. The maximum Gasteiger partial charge on any atom is 0.123 e. The highest BCUT2D eigenvalue weighted by Gasteiger charge is 2.52. The maximum absolute atomic E-state index is 13.1. The minimum atomic E-state index is -0.930. The lowest BCUT2D eigenvalue weighted by molar-refractivity contribution is -0.198. The molecule has 1 aromatic rings. The first-order valence-corrected chi connectivity index (χ1v) is 9.06. The molecule has 1 saturated carbocycles. The summed E-state index contributed by atoms with van der Waals surface area (Å²) in [5.74, 6) is -0.0894. The number of benzene rings is 1. The zero-order valence-electron chi connectivity index (χ0n) is 14.7. The number of fused-ring (bicyclic) bond motifs is 1. The Balaban J connectivity index is 1.66. The Hall–Kier alpha value is -1.21. The van der Waals surface area contributed by atoms with Gasteiger partial charge in [-0.1, -0.05) is 0 Å². The van der Waals surface area contributed by atoms with E-state index in [4.69, 9.17) is 14.2 Å². The third-order valence-corrected chi connectivity index (χ3v) is 5.32. The van der Waals surface area contributed by atoms with Crippen LogP contribution in [0.1, 0.15) is 25.7 Å². The third kappa shape index (κ3) is 4.31. The first-order valence-electron chi connectivity index (χ1n) is 9.06. The van der Waals surface area contributed by atoms with Crippen molar-refractivity contribution in [1.82, 2.24) is 0 Å². The molecule has 4 atom stereocenters. The van der Waals surface area contributed by atoms with E-state index < -0.39 is 5.60 Å². The summed E-state index contributed by atoms with van der Waals surface area (Å²) in [6, 6.07) is 6.15. The number of nitrogens with one attached hydrogen (secondary N) is 1. The van der Waals surface area contributed by atoms with Gasteiger partial charge in [0.05, 0.1) is 32.0 Å². The van der Waals surface area contributed by atoms with Crippen LogP contribution in [0.2, 0.25) is 0 Å². The molecule has 2 aliphatic rings. The highest BCUT2D eigenvalue weighted by atomic mass is 19.1. The molecular weight excluding hydrogens is 325 g/mol. The van der Waals surface area contributed by atoms with E-state index in [0.717, 1.165) is 24.9 Å². The summed E-state index contributed by atoms with van der Waals surface area (Å²) in [5.41, 5.74) is -0.112. The molecule has 1 heterocycles. The molecule has 25 heavy (non-hydrogen) atoms. The van der Waals surface area contributed by atoms with Gasteiger partial charge in [0, 0.05) is 25.3 Å². The van der Waals surface area contributed by atoms with Gasteiger partial charge < -0.3 is 24.6 Å². The molecule has 2 N–H and O–H groups in total. The Bertz CT molecular complexity index is 541. The predicted molar refractivity (Wildman–Crippen MR) is 93.2 cm³/mol. The summed E-state index contributed by atoms with van der Waals surface area (Å²) in [4.78, 5) is 0. The second-order valence-electron chi connectivity index (χ2n) is 7.00. The van der Waals surface area contributed by atoms with E-state index in [9.17, 15) is 9.50 Å². The van der Waals surface area contributed by atoms with Gasteiger partial charge in [-0.15, -0.1) is 0 Å². The van der Waals surface area contributed by atoms with Crippen molar-refractivity contribution in [3.05, 3.63) is 30.1 Å². The molecule has 2 fully saturated rings. The quantitative estimate of drug-likeness (QED) is 0.738. The molecule has 0 radical (unpaired) electrons. The number of ether oxygens (including phenoxy) is 3. The van der Waals surface area contributed by atoms with Gasteiger partial charge in [0.15, 0.2) is 0 Å². The fraction of sp³-hybridized carbons (Fsp3) is 0.684. The average Bonchev–Trinajstić information content (AvgIpc) is 2.62. The van der Waals surface area contributed by atoms with Crippen LogP contribution in [0, 0.1) is 11.7 Å². The van der Waals surface area contributed by atoms with Crippen molar-refractivity contribution in [3.63, 3.8) is 0 Å². The van der Waals surface area contributed by atoms with Crippen LogP contribution in [-0.2, 0) is 14.2 Å². The molecule has 0 aromatic heterocycles. The van der Waals surface area contributed by atoms with Crippen molar-refractivity contribution < 1.29 is 23.7 Å². The molecule has 1 aromatic carbocycles. The van der Waals surface area contributed by atoms with Gasteiger partial charge >= 0.3 is 0 Å². The smallest absolute Gasteiger partial charge is 0.123 e. The minimum Gasteiger partial charge on any atom is -0.385 e.